The first-order valence-corrected chi connectivity index (χ1v) is 18.9. The van der Waals surface area contributed by atoms with E-state index in [9.17, 15) is 0 Å². The summed E-state index contributed by atoms with van der Waals surface area (Å²) in [4.78, 5) is 7.99. The topological polar surface area (TPSA) is 33.7 Å². The van der Waals surface area contributed by atoms with Crippen LogP contribution in [0.3, 0.4) is 0 Å². The number of fused-ring (bicyclic) bond motifs is 12. The third kappa shape index (κ3) is 4.37. The Labute approximate surface area is 316 Å². The minimum Gasteiger partial charge on any atom is -0.455 e. The highest BCUT2D eigenvalue weighted by Crippen LogP contribution is 2.45. The highest BCUT2D eigenvalue weighted by Gasteiger charge is 2.32. The Morgan fingerprint density at radius 2 is 1.18 bits per heavy atom. The van der Waals surface area contributed by atoms with Gasteiger partial charge in [0.1, 0.15) is 11.2 Å². The molecular weight excluding hydrogens is 671 g/mol. The lowest BCUT2D eigenvalue weighted by molar-refractivity contribution is 0.410. The maximum atomic E-state index is 6.58. The number of furan rings is 1. The molecule has 4 nitrogen and oxygen atoms in total. The van der Waals surface area contributed by atoms with Crippen molar-refractivity contribution in [2.45, 2.75) is 6.04 Å². The molecule has 0 amide bonds. The summed E-state index contributed by atoms with van der Waals surface area (Å²) >= 11 is 0. The van der Waals surface area contributed by atoms with Crippen LogP contribution in [-0.2, 0) is 0 Å². The lowest BCUT2D eigenvalue weighted by atomic mass is 9.90. The van der Waals surface area contributed by atoms with E-state index in [0.717, 1.165) is 60.8 Å². The van der Waals surface area contributed by atoms with Crippen molar-refractivity contribution in [1.82, 2.24) is 9.47 Å². The lowest BCUT2D eigenvalue weighted by Crippen LogP contribution is -2.38. The Bertz CT molecular complexity index is 3400. The normalized spacial score (nSPS) is 14.5. The van der Waals surface area contributed by atoms with Crippen LogP contribution < -0.4 is 0 Å². The molecule has 2 aromatic heterocycles. The predicted octanol–water partition coefficient (Wildman–Crippen LogP) is 13.4. The van der Waals surface area contributed by atoms with Gasteiger partial charge in [-0.3, -0.25) is 4.57 Å². The number of benzene rings is 9. The average Bonchev–Trinajstić information content (AvgIpc) is 3.78. The summed E-state index contributed by atoms with van der Waals surface area (Å²) in [5, 5.41) is 11.7. The van der Waals surface area contributed by atoms with Crippen molar-refractivity contribution < 1.29 is 4.42 Å². The number of hydrogen-bond acceptors (Lipinski definition) is 3. The first-order chi connectivity index (χ1) is 27.2. The van der Waals surface area contributed by atoms with E-state index in [1.807, 2.05) is 6.07 Å². The van der Waals surface area contributed by atoms with E-state index in [-0.39, 0.29) is 6.04 Å². The van der Waals surface area contributed by atoms with E-state index in [0.29, 0.717) is 0 Å². The quantitative estimate of drug-likeness (QED) is 0.180. The molecule has 55 heavy (non-hydrogen) atoms. The van der Waals surface area contributed by atoms with E-state index in [1.165, 1.54) is 49.2 Å². The molecule has 0 saturated carbocycles. The Morgan fingerprint density at radius 3 is 2.04 bits per heavy atom. The molecule has 1 unspecified atom stereocenters. The fourth-order valence-corrected chi connectivity index (χ4v) is 9.24. The zero-order valence-corrected chi connectivity index (χ0v) is 30.1. The highest BCUT2D eigenvalue weighted by atomic mass is 16.3. The number of nitrogens with zero attached hydrogens (tertiary/aromatic N) is 3. The first kappa shape index (κ1) is 30.3. The van der Waals surface area contributed by atoms with Crippen LogP contribution in [-0.4, -0.2) is 22.5 Å². The van der Waals surface area contributed by atoms with Gasteiger partial charge in [-0.25, -0.2) is 4.99 Å². The van der Waals surface area contributed by atoms with Crippen molar-refractivity contribution in [2.24, 2.45) is 4.99 Å². The maximum absolute atomic E-state index is 6.58. The van der Waals surface area contributed by atoms with E-state index in [1.54, 1.807) is 0 Å². The van der Waals surface area contributed by atoms with Gasteiger partial charge in [-0.2, -0.15) is 0 Å². The smallest absolute Gasteiger partial charge is 0.211 e. The molecule has 1 aliphatic heterocycles. The second-order valence-corrected chi connectivity index (χ2v) is 14.8. The summed E-state index contributed by atoms with van der Waals surface area (Å²) in [6.07, 6.45) is 0. The van der Waals surface area contributed by atoms with Gasteiger partial charge in [0.25, 0.3) is 0 Å². The molecular formula is C51H33N3O. The molecule has 4 heteroatoms. The second kappa shape index (κ2) is 11.4. The average molecular weight is 704 g/mol. The zero-order chi connectivity index (χ0) is 36.2. The van der Waals surface area contributed by atoms with Gasteiger partial charge in [-0.05, 0) is 68.6 Å². The molecule has 258 valence electrons. The molecule has 0 fully saturated rings. The van der Waals surface area contributed by atoms with Crippen LogP contribution >= 0.6 is 0 Å². The summed E-state index contributed by atoms with van der Waals surface area (Å²) in [6, 6.07) is 63.5. The van der Waals surface area contributed by atoms with E-state index in [4.69, 9.17) is 9.41 Å². The van der Waals surface area contributed by atoms with Crippen LogP contribution in [0.25, 0.3) is 87.2 Å². The Hall–Kier alpha value is -7.17. The van der Waals surface area contributed by atoms with Gasteiger partial charge >= 0.3 is 0 Å². The molecule has 9 aromatic carbocycles. The van der Waals surface area contributed by atoms with Crippen molar-refractivity contribution in [1.29, 1.82) is 0 Å². The number of aromatic nitrogens is 1. The van der Waals surface area contributed by atoms with Crippen LogP contribution in [0, 0.1) is 0 Å². The summed E-state index contributed by atoms with van der Waals surface area (Å²) in [6.45, 7) is 0. The van der Waals surface area contributed by atoms with Crippen molar-refractivity contribution in [2.75, 3.05) is 7.05 Å². The van der Waals surface area contributed by atoms with Crippen molar-refractivity contribution >= 4 is 87.7 Å². The zero-order valence-electron chi connectivity index (χ0n) is 30.1. The molecule has 0 N–H and O–H groups in total. The fraction of sp³-hybridized carbons (Fsp3) is 0.0392. The van der Waals surface area contributed by atoms with Crippen molar-refractivity contribution in [3.8, 4) is 11.1 Å². The molecule has 1 atom stereocenters. The van der Waals surface area contributed by atoms with E-state index >= 15 is 0 Å². The van der Waals surface area contributed by atoms with Gasteiger partial charge in [0, 0.05) is 44.9 Å². The molecule has 0 saturated heterocycles. The Kier molecular flexibility index (Phi) is 6.29. The Morgan fingerprint density at radius 1 is 0.491 bits per heavy atom. The third-order valence-electron chi connectivity index (χ3n) is 11.8. The molecule has 0 bridgehead atoms. The van der Waals surface area contributed by atoms with Gasteiger partial charge in [-0.15, -0.1) is 0 Å². The molecule has 0 aliphatic carbocycles. The third-order valence-corrected chi connectivity index (χ3v) is 11.8. The minimum absolute atomic E-state index is 0.0765. The Balaban J connectivity index is 1.10. The highest BCUT2D eigenvalue weighted by molar-refractivity contribution is 6.22. The molecule has 12 rings (SSSR count). The number of para-hydroxylation sites is 2. The largest absolute Gasteiger partial charge is 0.455 e. The summed E-state index contributed by atoms with van der Waals surface area (Å²) in [7, 11) is 2.19. The predicted molar refractivity (Wildman–Crippen MR) is 230 cm³/mol. The van der Waals surface area contributed by atoms with Crippen LogP contribution in [0.2, 0.25) is 0 Å². The molecule has 0 spiro atoms. The van der Waals surface area contributed by atoms with Gasteiger partial charge < -0.3 is 9.32 Å². The van der Waals surface area contributed by atoms with Crippen molar-refractivity contribution in [3.63, 3.8) is 0 Å². The summed E-state index contributed by atoms with van der Waals surface area (Å²) < 4.78 is 8.95. The fourth-order valence-electron chi connectivity index (χ4n) is 9.24. The maximum Gasteiger partial charge on any atom is 0.211 e. The molecule has 0 radical (unpaired) electrons. The lowest BCUT2D eigenvalue weighted by Gasteiger charge is -2.37. The molecule has 3 heterocycles. The SMILES string of the molecule is CN1C(n2c3ccccc3c3cc4ccc5c6ccccc6oc5c4cc32)=Nc2c(ccc3ccccc23)C1c1ccc(-c2cccc3ccccc23)cc1. The molecule has 1 aliphatic rings. The standard InChI is InChI=1S/C51H33N3O/c1-53-49(34-23-21-33(22-24-34)37-18-10-13-31-11-2-4-14-36(31)37)42-28-25-32-12-3-5-15-38(32)48(42)52-51(53)54-45-19-8-6-16-39(45)44-29-35-26-27-41-40-17-7-9-20-47(40)55-50(41)43(35)30-46(44)54/h2-30,49H,1H3. The van der Waals surface area contributed by atoms with E-state index < -0.39 is 0 Å². The van der Waals surface area contributed by atoms with Crippen LogP contribution in [0.5, 0.6) is 0 Å². The number of rotatable bonds is 2. The van der Waals surface area contributed by atoms with Gasteiger partial charge in [0.15, 0.2) is 0 Å². The number of hydrogen-bond donors (Lipinski definition) is 0. The van der Waals surface area contributed by atoms with Crippen molar-refractivity contribution in [3.05, 3.63) is 187 Å². The first-order valence-electron chi connectivity index (χ1n) is 18.9. The van der Waals surface area contributed by atoms with Crippen LogP contribution in [0.4, 0.5) is 5.69 Å². The summed E-state index contributed by atoms with van der Waals surface area (Å²) in [5.41, 5.74) is 9.90. The minimum atomic E-state index is -0.0765. The van der Waals surface area contributed by atoms with Crippen LogP contribution in [0.1, 0.15) is 17.2 Å². The number of aliphatic imine (C=N–C) groups is 1. The van der Waals surface area contributed by atoms with Gasteiger partial charge in [-0.1, -0.05) is 146 Å². The second-order valence-electron chi connectivity index (χ2n) is 14.8. The van der Waals surface area contributed by atoms with Gasteiger partial charge in [0.05, 0.1) is 22.8 Å². The van der Waals surface area contributed by atoms with Crippen LogP contribution in [0.15, 0.2) is 185 Å². The van der Waals surface area contributed by atoms with E-state index in [2.05, 4.69) is 186 Å². The summed E-state index contributed by atoms with van der Waals surface area (Å²) in [5.74, 6) is 0.884. The monoisotopic (exact) mass is 703 g/mol. The molecule has 11 aromatic rings. The van der Waals surface area contributed by atoms with Gasteiger partial charge in [0.2, 0.25) is 5.96 Å².